The quantitative estimate of drug-likeness (QED) is 0.826. The van der Waals surface area contributed by atoms with Crippen LogP contribution in [0.15, 0.2) is 22.7 Å². The first-order valence-electron chi connectivity index (χ1n) is 7.08. The van der Waals surface area contributed by atoms with E-state index in [0.717, 1.165) is 23.7 Å². The second kappa shape index (κ2) is 5.92. The van der Waals surface area contributed by atoms with Crippen molar-refractivity contribution in [3.05, 3.63) is 34.1 Å². The van der Waals surface area contributed by atoms with Crippen LogP contribution >= 0.6 is 15.9 Å². The van der Waals surface area contributed by atoms with Crippen molar-refractivity contribution in [1.82, 2.24) is 0 Å². The first-order chi connectivity index (χ1) is 8.90. The zero-order chi connectivity index (χ0) is 14.0. The Labute approximate surface area is 123 Å². The zero-order valence-corrected chi connectivity index (χ0v) is 13.2. The molecule has 1 fully saturated rings. The molecule has 0 aromatic heterocycles. The Balaban J connectivity index is 2.23. The molecule has 0 amide bonds. The molecule has 2 rings (SSSR count). The van der Waals surface area contributed by atoms with Crippen LogP contribution in [0, 0.1) is 17.7 Å². The van der Waals surface area contributed by atoms with Gasteiger partial charge in [0.2, 0.25) is 0 Å². The topological polar surface area (TPSA) is 20.2 Å². The Bertz CT molecular complexity index is 446. The van der Waals surface area contributed by atoms with E-state index >= 15 is 0 Å². The molecule has 0 heterocycles. The Kier molecular flexibility index (Phi) is 4.67. The van der Waals surface area contributed by atoms with Gasteiger partial charge in [0.25, 0.3) is 0 Å². The van der Waals surface area contributed by atoms with E-state index < -0.39 is 5.60 Å². The molecule has 0 spiro atoms. The second-order valence-electron chi connectivity index (χ2n) is 6.25. The molecule has 0 bridgehead atoms. The first kappa shape index (κ1) is 15.0. The lowest BCUT2D eigenvalue weighted by Gasteiger charge is -2.38. The van der Waals surface area contributed by atoms with Gasteiger partial charge in [0.1, 0.15) is 5.82 Å². The number of hydrogen-bond donors (Lipinski definition) is 1. The van der Waals surface area contributed by atoms with Crippen molar-refractivity contribution < 1.29 is 9.50 Å². The van der Waals surface area contributed by atoms with Crippen molar-refractivity contribution in [3.63, 3.8) is 0 Å². The zero-order valence-electron chi connectivity index (χ0n) is 11.6. The van der Waals surface area contributed by atoms with E-state index in [1.165, 1.54) is 6.07 Å². The van der Waals surface area contributed by atoms with E-state index in [-0.39, 0.29) is 5.82 Å². The molecule has 1 N–H and O–H groups in total. The van der Waals surface area contributed by atoms with E-state index in [4.69, 9.17) is 0 Å². The second-order valence-corrected chi connectivity index (χ2v) is 7.16. The number of halogens is 2. The van der Waals surface area contributed by atoms with E-state index in [1.54, 1.807) is 12.1 Å². The first-order valence-corrected chi connectivity index (χ1v) is 7.88. The van der Waals surface area contributed by atoms with E-state index in [9.17, 15) is 9.50 Å². The van der Waals surface area contributed by atoms with E-state index in [2.05, 4.69) is 29.8 Å². The van der Waals surface area contributed by atoms with Crippen molar-refractivity contribution >= 4 is 15.9 Å². The number of aliphatic hydroxyl groups is 1. The maximum atomic E-state index is 14.0. The lowest BCUT2D eigenvalue weighted by Crippen LogP contribution is -2.34. The molecule has 1 saturated carbocycles. The van der Waals surface area contributed by atoms with Crippen LogP contribution in [0.3, 0.4) is 0 Å². The summed E-state index contributed by atoms with van der Waals surface area (Å²) in [5.74, 6) is 0.827. The summed E-state index contributed by atoms with van der Waals surface area (Å²) in [5.41, 5.74) is -0.540. The Morgan fingerprint density at radius 3 is 2.89 bits per heavy atom. The van der Waals surface area contributed by atoms with Crippen LogP contribution in [0.4, 0.5) is 4.39 Å². The number of benzene rings is 1. The fourth-order valence-corrected chi connectivity index (χ4v) is 3.69. The van der Waals surface area contributed by atoms with Crippen LogP contribution < -0.4 is 0 Å². The Hall–Kier alpha value is -0.410. The molecule has 1 aliphatic carbocycles. The fraction of sp³-hybridized carbons (Fsp3) is 0.625. The minimum Gasteiger partial charge on any atom is -0.385 e. The largest absolute Gasteiger partial charge is 0.385 e. The highest BCUT2D eigenvalue weighted by atomic mass is 79.9. The van der Waals surface area contributed by atoms with Gasteiger partial charge in [0.15, 0.2) is 0 Å². The predicted octanol–water partition coefficient (Wildman–Crippen LogP) is 5.01. The average Bonchev–Trinajstić information content (AvgIpc) is 2.31. The SMILES string of the molecule is CC(C)CC1CCCC(O)(c2cc(Br)ccc2F)C1. The molecule has 1 aromatic rings. The summed E-state index contributed by atoms with van der Waals surface area (Å²) in [7, 11) is 0. The summed E-state index contributed by atoms with van der Waals surface area (Å²) in [6.07, 6.45) is 4.57. The third-order valence-electron chi connectivity index (χ3n) is 4.06. The standard InChI is InChI=1S/C16H22BrFO/c1-11(2)8-12-4-3-7-16(19,10-12)14-9-13(17)5-6-15(14)18/h5-6,9,11-12,19H,3-4,7-8,10H2,1-2H3. The third-order valence-corrected chi connectivity index (χ3v) is 4.56. The molecule has 3 heteroatoms. The summed E-state index contributed by atoms with van der Waals surface area (Å²) in [6, 6.07) is 4.84. The highest BCUT2D eigenvalue weighted by molar-refractivity contribution is 9.10. The molecule has 19 heavy (non-hydrogen) atoms. The van der Waals surface area contributed by atoms with Crippen LogP contribution in [0.5, 0.6) is 0 Å². The van der Waals surface area contributed by atoms with Crippen LogP contribution in [-0.4, -0.2) is 5.11 Å². The lowest BCUT2D eigenvalue weighted by atomic mass is 9.72. The normalized spacial score (nSPS) is 27.8. The van der Waals surface area contributed by atoms with Crippen molar-refractivity contribution in [2.75, 3.05) is 0 Å². The van der Waals surface area contributed by atoms with Crippen LogP contribution in [0.25, 0.3) is 0 Å². The monoisotopic (exact) mass is 328 g/mol. The molecule has 2 atom stereocenters. The van der Waals surface area contributed by atoms with Crippen molar-refractivity contribution in [3.8, 4) is 0 Å². The van der Waals surface area contributed by atoms with Crippen LogP contribution in [0.2, 0.25) is 0 Å². The molecule has 106 valence electrons. The number of hydrogen-bond acceptors (Lipinski definition) is 1. The van der Waals surface area contributed by atoms with Gasteiger partial charge in [0.05, 0.1) is 5.60 Å². The maximum absolute atomic E-state index is 14.0. The molecule has 1 nitrogen and oxygen atoms in total. The van der Waals surface area contributed by atoms with Crippen molar-refractivity contribution in [1.29, 1.82) is 0 Å². The molecule has 0 radical (unpaired) electrons. The maximum Gasteiger partial charge on any atom is 0.129 e. The van der Waals surface area contributed by atoms with Gasteiger partial charge in [-0.1, -0.05) is 36.2 Å². The van der Waals surface area contributed by atoms with Gasteiger partial charge in [-0.05, 0) is 55.7 Å². The minimum absolute atomic E-state index is 0.295. The molecule has 1 aliphatic rings. The van der Waals surface area contributed by atoms with Gasteiger partial charge < -0.3 is 5.11 Å². The predicted molar refractivity (Wildman–Crippen MR) is 79.4 cm³/mol. The van der Waals surface area contributed by atoms with E-state index in [0.29, 0.717) is 30.2 Å². The Morgan fingerprint density at radius 1 is 1.47 bits per heavy atom. The minimum atomic E-state index is -0.994. The Morgan fingerprint density at radius 2 is 2.21 bits per heavy atom. The summed E-state index contributed by atoms with van der Waals surface area (Å²) in [6.45, 7) is 4.40. The summed E-state index contributed by atoms with van der Waals surface area (Å²) >= 11 is 3.36. The van der Waals surface area contributed by atoms with Crippen LogP contribution in [-0.2, 0) is 5.60 Å². The van der Waals surface area contributed by atoms with Gasteiger partial charge in [-0.3, -0.25) is 0 Å². The van der Waals surface area contributed by atoms with Crippen molar-refractivity contribution in [2.45, 2.75) is 51.6 Å². The van der Waals surface area contributed by atoms with Gasteiger partial charge in [-0.15, -0.1) is 0 Å². The van der Waals surface area contributed by atoms with Gasteiger partial charge in [0, 0.05) is 10.0 Å². The molecule has 1 aromatic carbocycles. The lowest BCUT2D eigenvalue weighted by molar-refractivity contribution is -0.0272. The van der Waals surface area contributed by atoms with Gasteiger partial charge in [-0.2, -0.15) is 0 Å². The summed E-state index contributed by atoms with van der Waals surface area (Å²) < 4.78 is 14.8. The summed E-state index contributed by atoms with van der Waals surface area (Å²) in [4.78, 5) is 0. The highest BCUT2D eigenvalue weighted by Gasteiger charge is 2.37. The number of rotatable bonds is 3. The summed E-state index contributed by atoms with van der Waals surface area (Å²) in [5, 5.41) is 10.9. The molecule has 2 unspecified atom stereocenters. The highest BCUT2D eigenvalue weighted by Crippen LogP contribution is 2.43. The molecular formula is C16H22BrFO. The van der Waals surface area contributed by atoms with Crippen molar-refractivity contribution in [2.24, 2.45) is 11.8 Å². The van der Waals surface area contributed by atoms with E-state index in [1.807, 2.05) is 0 Å². The van der Waals surface area contributed by atoms with Gasteiger partial charge in [-0.25, -0.2) is 4.39 Å². The fourth-order valence-electron chi connectivity index (χ4n) is 3.33. The van der Waals surface area contributed by atoms with Crippen LogP contribution in [0.1, 0.15) is 51.5 Å². The average molecular weight is 329 g/mol. The third kappa shape index (κ3) is 3.57. The molecule has 0 aliphatic heterocycles. The molecule has 0 saturated heterocycles. The molecular weight excluding hydrogens is 307 g/mol. The smallest absolute Gasteiger partial charge is 0.129 e. The van der Waals surface area contributed by atoms with Gasteiger partial charge >= 0.3 is 0 Å².